The maximum Gasteiger partial charge on any atom is 0.341 e. The number of nitrogens with zero attached hydrogens (tertiary/aromatic N) is 3. The number of benzene rings is 2. The fourth-order valence-electron chi connectivity index (χ4n) is 3.90. The molecule has 0 aliphatic heterocycles. The summed E-state index contributed by atoms with van der Waals surface area (Å²) < 4.78 is 18.1. The Balaban J connectivity index is 1.41. The number of esters is 1. The minimum Gasteiger partial charge on any atom is -0.497 e. The molecule has 0 spiro atoms. The van der Waals surface area contributed by atoms with E-state index in [9.17, 15) is 9.59 Å². The van der Waals surface area contributed by atoms with Crippen molar-refractivity contribution in [3.8, 4) is 22.6 Å². The van der Waals surface area contributed by atoms with Crippen molar-refractivity contribution >= 4 is 40.0 Å². The molecule has 39 heavy (non-hydrogen) atoms. The van der Waals surface area contributed by atoms with Gasteiger partial charge < -0.3 is 24.1 Å². The van der Waals surface area contributed by atoms with Gasteiger partial charge in [0.2, 0.25) is 5.91 Å². The number of thioether (sulfide) groups is 1. The standard InChI is InChI=1S/C28H30N4O5S2/c1-6-18-7-11-21(12-8-18)37-17(2)25-30-31-28(32(25)3)39-16-23(33)29-26-24(27(34)36-5)22(15-38-26)19-9-13-20(35-4)14-10-19/h7-15,17H,6,16H2,1-5H3,(H,29,33). The minimum atomic E-state index is -0.527. The summed E-state index contributed by atoms with van der Waals surface area (Å²) in [4.78, 5) is 25.5. The zero-order valence-corrected chi connectivity index (χ0v) is 24.0. The van der Waals surface area contributed by atoms with Crippen molar-refractivity contribution in [2.45, 2.75) is 31.5 Å². The van der Waals surface area contributed by atoms with Crippen LogP contribution in [0.2, 0.25) is 0 Å². The highest BCUT2D eigenvalue weighted by Crippen LogP contribution is 2.37. The van der Waals surface area contributed by atoms with Gasteiger partial charge in [-0.25, -0.2) is 4.79 Å². The summed E-state index contributed by atoms with van der Waals surface area (Å²) in [6.45, 7) is 4.01. The molecule has 0 saturated heterocycles. The smallest absolute Gasteiger partial charge is 0.341 e. The Kier molecular flexibility index (Phi) is 9.26. The molecule has 0 saturated carbocycles. The monoisotopic (exact) mass is 566 g/mol. The Hall–Kier alpha value is -3.83. The molecule has 1 unspecified atom stereocenters. The molecular weight excluding hydrogens is 536 g/mol. The van der Waals surface area contributed by atoms with Crippen molar-refractivity contribution in [3.05, 3.63) is 70.9 Å². The molecule has 0 aliphatic carbocycles. The van der Waals surface area contributed by atoms with E-state index in [4.69, 9.17) is 14.2 Å². The number of thiophene rings is 1. The number of carbonyl (C=O) groups excluding carboxylic acids is 2. The summed E-state index contributed by atoms with van der Waals surface area (Å²) in [5.74, 6) is 1.38. The number of hydrogen-bond acceptors (Lipinski definition) is 9. The third kappa shape index (κ3) is 6.61. The van der Waals surface area contributed by atoms with E-state index < -0.39 is 5.97 Å². The lowest BCUT2D eigenvalue weighted by molar-refractivity contribution is -0.113. The van der Waals surface area contributed by atoms with Crippen LogP contribution in [0.25, 0.3) is 11.1 Å². The Bertz CT molecular complexity index is 1430. The highest BCUT2D eigenvalue weighted by molar-refractivity contribution is 7.99. The van der Waals surface area contributed by atoms with E-state index in [0.717, 1.165) is 17.7 Å². The van der Waals surface area contributed by atoms with E-state index in [-0.39, 0.29) is 17.8 Å². The zero-order chi connectivity index (χ0) is 27.9. The van der Waals surface area contributed by atoms with Crippen molar-refractivity contribution < 1.29 is 23.8 Å². The SMILES string of the molecule is CCc1ccc(OC(C)c2nnc(SCC(=O)Nc3scc(-c4ccc(OC)cc4)c3C(=O)OC)n2C)cc1. The van der Waals surface area contributed by atoms with Crippen molar-refractivity contribution in [1.82, 2.24) is 14.8 Å². The second-order valence-electron chi connectivity index (χ2n) is 8.57. The largest absolute Gasteiger partial charge is 0.497 e. The first kappa shape index (κ1) is 28.2. The van der Waals surface area contributed by atoms with Crippen molar-refractivity contribution in [1.29, 1.82) is 0 Å². The normalized spacial score (nSPS) is 11.6. The molecule has 204 valence electrons. The van der Waals surface area contributed by atoms with Crippen LogP contribution in [0.4, 0.5) is 5.00 Å². The van der Waals surface area contributed by atoms with Crippen molar-refractivity contribution in [2.24, 2.45) is 7.05 Å². The Morgan fingerprint density at radius 2 is 1.74 bits per heavy atom. The van der Waals surface area contributed by atoms with E-state index in [2.05, 4.69) is 22.4 Å². The van der Waals surface area contributed by atoms with Gasteiger partial charge in [0.25, 0.3) is 0 Å². The third-order valence-electron chi connectivity index (χ3n) is 6.04. The summed E-state index contributed by atoms with van der Waals surface area (Å²) >= 11 is 2.51. The molecule has 4 rings (SSSR count). The third-order valence-corrected chi connectivity index (χ3v) is 7.96. The number of rotatable bonds is 11. The molecule has 0 bridgehead atoms. The number of aromatic nitrogens is 3. The second kappa shape index (κ2) is 12.8. The van der Waals surface area contributed by atoms with Gasteiger partial charge in [0.15, 0.2) is 17.1 Å². The first-order valence-corrected chi connectivity index (χ1v) is 14.1. The first-order valence-electron chi connectivity index (χ1n) is 12.3. The molecule has 0 radical (unpaired) electrons. The average Bonchev–Trinajstić information content (AvgIpc) is 3.55. The Morgan fingerprint density at radius 1 is 1.05 bits per heavy atom. The molecule has 0 fully saturated rings. The van der Waals surface area contributed by atoms with Crippen LogP contribution in [0.1, 0.15) is 41.7 Å². The van der Waals surface area contributed by atoms with E-state index in [1.165, 1.54) is 35.8 Å². The highest BCUT2D eigenvalue weighted by Gasteiger charge is 2.23. The molecular formula is C28H30N4O5S2. The molecule has 11 heteroatoms. The van der Waals surface area contributed by atoms with Crippen LogP contribution in [0.3, 0.4) is 0 Å². The predicted molar refractivity (Wildman–Crippen MR) is 153 cm³/mol. The maximum atomic E-state index is 12.8. The average molecular weight is 567 g/mol. The fourth-order valence-corrected chi connectivity index (χ4v) is 5.59. The number of methoxy groups -OCH3 is 2. The van der Waals surface area contributed by atoms with Crippen LogP contribution in [-0.4, -0.2) is 46.6 Å². The predicted octanol–water partition coefficient (Wildman–Crippen LogP) is 5.77. The summed E-state index contributed by atoms with van der Waals surface area (Å²) in [6.07, 6.45) is 0.636. The summed E-state index contributed by atoms with van der Waals surface area (Å²) in [6, 6.07) is 15.3. The highest BCUT2D eigenvalue weighted by atomic mass is 32.2. The Labute approximate surface area is 235 Å². The van der Waals surface area contributed by atoms with Gasteiger partial charge >= 0.3 is 5.97 Å². The topological polar surface area (TPSA) is 105 Å². The molecule has 2 aromatic carbocycles. The number of hydrogen-bond donors (Lipinski definition) is 1. The fraction of sp³-hybridized carbons (Fsp3) is 0.286. The van der Waals surface area contributed by atoms with Crippen LogP contribution >= 0.6 is 23.1 Å². The van der Waals surface area contributed by atoms with Crippen LogP contribution in [0.15, 0.2) is 59.1 Å². The van der Waals surface area contributed by atoms with Gasteiger partial charge in [-0.2, -0.15) is 0 Å². The maximum absolute atomic E-state index is 12.8. The van der Waals surface area contributed by atoms with Crippen LogP contribution < -0.4 is 14.8 Å². The number of carbonyl (C=O) groups is 2. The van der Waals surface area contributed by atoms with E-state index in [1.54, 1.807) is 7.11 Å². The molecule has 9 nitrogen and oxygen atoms in total. The molecule has 0 aliphatic rings. The molecule has 1 amide bonds. The lowest BCUT2D eigenvalue weighted by atomic mass is 10.0. The number of nitrogens with one attached hydrogen (secondary N) is 1. The molecule has 2 heterocycles. The molecule has 2 aromatic heterocycles. The minimum absolute atomic E-state index is 0.0794. The summed E-state index contributed by atoms with van der Waals surface area (Å²) in [7, 11) is 4.74. The van der Waals surface area contributed by atoms with Crippen LogP contribution in [-0.2, 0) is 23.0 Å². The summed E-state index contributed by atoms with van der Waals surface area (Å²) in [5, 5.41) is 14.2. The Morgan fingerprint density at radius 3 is 2.38 bits per heavy atom. The van der Waals surface area contributed by atoms with Gasteiger partial charge in [0.05, 0.1) is 20.0 Å². The van der Waals surface area contributed by atoms with Gasteiger partial charge in [0.1, 0.15) is 22.1 Å². The van der Waals surface area contributed by atoms with Gasteiger partial charge in [-0.15, -0.1) is 21.5 Å². The van der Waals surface area contributed by atoms with E-state index in [0.29, 0.717) is 32.9 Å². The first-order chi connectivity index (χ1) is 18.8. The quantitative estimate of drug-likeness (QED) is 0.180. The van der Waals surface area contributed by atoms with Crippen molar-refractivity contribution in [2.75, 3.05) is 25.3 Å². The lowest BCUT2D eigenvalue weighted by Crippen LogP contribution is -2.16. The number of anilines is 1. The summed E-state index contributed by atoms with van der Waals surface area (Å²) in [5.41, 5.74) is 3.04. The van der Waals surface area contributed by atoms with Gasteiger partial charge in [0, 0.05) is 18.0 Å². The molecule has 1 N–H and O–H groups in total. The zero-order valence-electron chi connectivity index (χ0n) is 22.4. The number of ether oxygens (including phenoxy) is 3. The number of amides is 1. The van der Waals surface area contributed by atoms with Crippen LogP contribution in [0, 0.1) is 0 Å². The number of aryl methyl sites for hydroxylation is 1. The van der Waals surface area contributed by atoms with Gasteiger partial charge in [-0.3, -0.25) is 4.79 Å². The second-order valence-corrected chi connectivity index (χ2v) is 10.4. The molecule has 1 atom stereocenters. The lowest BCUT2D eigenvalue weighted by Gasteiger charge is -2.14. The van der Waals surface area contributed by atoms with Gasteiger partial charge in [-0.1, -0.05) is 43.0 Å². The van der Waals surface area contributed by atoms with Gasteiger partial charge in [-0.05, 0) is 48.7 Å². The van der Waals surface area contributed by atoms with E-state index >= 15 is 0 Å². The van der Waals surface area contributed by atoms with Crippen LogP contribution in [0.5, 0.6) is 11.5 Å². The van der Waals surface area contributed by atoms with E-state index in [1.807, 2.05) is 72.4 Å². The van der Waals surface area contributed by atoms with Crippen molar-refractivity contribution in [3.63, 3.8) is 0 Å². The molecule has 4 aromatic rings.